The number of ether oxygens (including phenoxy) is 1. The Morgan fingerprint density at radius 1 is 1.50 bits per heavy atom. The molecule has 0 aliphatic rings. The average Bonchev–Trinajstić information content (AvgIpc) is 2.83. The Kier molecular flexibility index (Phi) is 4.57. The molecule has 0 saturated carbocycles. The fourth-order valence-electron chi connectivity index (χ4n) is 1.90. The molecule has 0 unspecified atom stereocenters. The Bertz CT molecular complexity index is 627. The van der Waals surface area contributed by atoms with Gasteiger partial charge < -0.3 is 14.4 Å². The number of nitrogens with zero attached hydrogens (tertiary/aromatic N) is 3. The monoisotopic (exact) mass is 297 g/mol. The Labute approximate surface area is 121 Å². The first-order valence-electron chi connectivity index (χ1n) is 6.29. The number of esters is 1. The first kappa shape index (κ1) is 14.7. The van der Waals surface area contributed by atoms with Gasteiger partial charge in [0, 0.05) is 0 Å². The van der Waals surface area contributed by atoms with E-state index in [0.717, 1.165) is 0 Å². The Hall–Kier alpha value is -1.66. The lowest BCUT2D eigenvalue weighted by atomic mass is 10.3. The predicted molar refractivity (Wildman–Crippen MR) is 74.7 cm³/mol. The van der Waals surface area contributed by atoms with Crippen molar-refractivity contribution in [3.8, 4) is 0 Å². The maximum absolute atomic E-state index is 11.5. The molecule has 0 aliphatic carbocycles. The predicted octanol–water partition coefficient (Wildman–Crippen LogP) is 1.73. The first-order valence-corrected chi connectivity index (χ1v) is 6.82. The van der Waals surface area contributed by atoms with Gasteiger partial charge in [-0.15, -0.1) is 11.6 Å². The van der Waals surface area contributed by atoms with Crippen molar-refractivity contribution in [3.05, 3.63) is 23.7 Å². The van der Waals surface area contributed by atoms with Crippen molar-refractivity contribution in [3.63, 3.8) is 0 Å². The normalized spacial score (nSPS) is 12.6. The zero-order valence-corrected chi connectivity index (χ0v) is 12.1. The third kappa shape index (κ3) is 2.76. The van der Waals surface area contributed by atoms with Gasteiger partial charge in [0.1, 0.15) is 11.3 Å². The Morgan fingerprint density at radius 2 is 2.25 bits per heavy atom. The Balaban J connectivity index is 2.53. The number of imidazole rings is 1. The number of fused-ring (bicyclic) bond motifs is 1. The number of aliphatic hydroxyl groups excluding tert-OH is 1. The summed E-state index contributed by atoms with van der Waals surface area (Å²) in [6, 6.07) is 3.25. The number of methoxy groups -OCH3 is 1. The van der Waals surface area contributed by atoms with E-state index in [2.05, 4.69) is 14.7 Å². The third-order valence-corrected chi connectivity index (χ3v) is 3.29. The second kappa shape index (κ2) is 6.19. The van der Waals surface area contributed by atoms with Crippen LogP contribution in [-0.2, 0) is 17.2 Å². The van der Waals surface area contributed by atoms with Gasteiger partial charge >= 0.3 is 5.97 Å². The van der Waals surface area contributed by atoms with Gasteiger partial charge in [-0.05, 0) is 18.6 Å². The van der Waals surface area contributed by atoms with E-state index in [1.165, 1.54) is 7.11 Å². The number of carbonyl (C=O) groups is 1. The molecule has 2 aromatic rings. The van der Waals surface area contributed by atoms with Crippen LogP contribution in [0, 0.1) is 0 Å². The van der Waals surface area contributed by atoms with Crippen molar-refractivity contribution in [2.24, 2.45) is 0 Å². The molecule has 7 heteroatoms. The molecule has 2 heterocycles. The average molecular weight is 298 g/mol. The molecule has 0 spiro atoms. The van der Waals surface area contributed by atoms with Gasteiger partial charge in [0.2, 0.25) is 0 Å². The molecule has 0 fully saturated rings. The summed E-state index contributed by atoms with van der Waals surface area (Å²) in [5.74, 6) is 0.312. The number of rotatable bonds is 5. The van der Waals surface area contributed by atoms with Gasteiger partial charge in [0.15, 0.2) is 11.3 Å². The zero-order valence-electron chi connectivity index (χ0n) is 11.3. The van der Waals surface area contributed by atoms with E-state index >= 15 is 0 Å². The van der Waals surface area contributed by atoms with Crippen LogP contribution in [0.3, 0.4) is 0 Å². The maximum Gasteiger partial charge on any atom is 0.356 e. The van der Waals surface area contributed by atoms with E-state index in [9.17, 15) is 9.90 Å². The van der Waals surface area contributed by atoms with Crippen LogP contribution in [0.5, 0.6) is 0 Å². The van der Waals surface area contributed by atoms with Crippen LogP contribution in [-0.4, -0.2) is 38.8 Å². The number of hydrogen-bond acceptors (Lipinski definition) is 5. The van der Waals surface area contributed by atoms with Crippen LogP contribution in [0.15, 0.2) is 12.1 Å². The molecule has 2 rings (SSSR count). The molecule has 0 bridgehead atoms. The van der Waals surface area contributed by atoms with Gasteiger partial charge in [-0.1, -0.05) is 6.92 Å². The molecule has 0 saturated heterocycles. The highest BCUT2D eigenvalue weighted by Gasteiger charge is 2.16. The highest BCUT2D eigenvalue weighted by atomic mass is 35.5. The van der Waals surface area contributed by atoms with Gasteiger partial charge in [-0.25, -0.2) is 14.8 Å². The van der Waals surface area contributed by atoms with Crippen LogP contribution in [0.1, 0.15) is 29.7 Å². The molecule has 1 N–H and O–H groups in total. The molecule has 20 heavy (non-hydrogen) atoms. The molecule has 6 nitrogen and oxygen atoms in total. The van der Waals surface area contributed by atoms with Crippen molar-refractivity contribution < 1.29 is 14.6 Å². The number of pyridine rings is 1. The Morgan fingerprint density at radius 3 is 2.85 bits per heavy atom. The lowest BCUT2D eigenvalue weighted by Crippen LogP contribution is -2.17. The number of hydrogen-bond donors (Lipinski definition) is 1. The van der Waals surface area contributed by atoms with Crippen molar-refractivity contribution in [2.75, 3.05) is 7.11 Å². The van der Waals surface area contributed by atoms with Crippen molar-refractivity contribution in [1.82, 2.24) is 14.5 Å². The van der Waals surface area contributed by atoms with E-state index in [1.807, 2.05) is 6.92 Å². The van der Waals surface area contributed by atoms with E-state index in [4.69, 9.17) is 11.6 Å². The van der Waals surface area contributed by atoms with Crippen molar-refractivity contribution in [1.29, 1.82) is 0 Å². The SMILES string of the molecule is CC[C@H](O)Cn1c(CCl)nc2ccc(C(=O)OC)nc21. The summed E-state index contributed by atoms with van der Waals surface area (Å²) in [4.78, 5) is 20.1. The first-order chi connectivity index (χ1) is 9.60. The lowest BCUT2D eigenvalue weighted by molar-refractivity contribution is 0.0594. The minimum absolute atomic E-state index is 0.202. The van der Waals surface area contributed by atoms with Crippen LogP contribution in [0.2, 0.25) is 0 Å². The number of carbonyl (C=O) groups excluding carboxylic acids is 1. The standard InChI is InChI=1S/C13H16ClN3O3/c1-3-8(18)7-17-11(6-14)15-9-4-5-10(13(19)20-2)16-12(9)17/h4-5,8,18H,3,6-7H2,1-2H3/t8-/m0/s1. The molecular weight excluding hydrogens is 282 g/mol. The zero-order chi connectivity index (χ0) is 14.7. The largest absolute Gasteiger partial charge is 0.464 e. The highest BCUT2D eigenvalue weighted by Crippen LogP contribution is 2.18. The van der Waals surface area contributed by atoms with E-state index in [-0.39, 0.29) is 11.6 Å². The van der Waals surface area contributed by atoms with E-state index in [1.54, 1.807) is 16.7 Å². The molecule has 0 amide bonds. The van der Waals surface area contributed by atoms with Crippen molar-refractivity contribution in [2.45, 2.75) is 31.9 Å². The van der Waals surface area contributed by atoms with E-state index in [0.29, 0.717) is 30.0 Å². The third-order valence-electron chi connectivity index (χ3n) is 3.05. The molecule has 0 radical (unpaired) electrons. The fourth-order valence-corrected chi connectivity index (χ4v) is 2.10. The fraction of sp³-hybridized carbons (Fsp3) is 0.462. The summed E-state index contributed by atoms with van der Waals surface area (Å²) in [6.45, 7) is 2.23. The molecule has 0 aromatic carbocycles. The summed E-state index contributed by atoms with van der Waals surface area (Å²) in [6.07, 6.45) is 0.0934. The van der Waals surface area contributed by atoms with Gasteiger partial charge in [0.05, 0.1) is 25.6 Å². The molecule has 1 atom stereocenters. The smallest absolute Gasteiger partial charge is 0.356 e. The molecule has 2 aromatic heterocycles. The molecule has 0 aliphatic heterocycles. The number of aromatic nitrogens is 3. The van der Waals surface area contributed by atoms with Crippen LogP contribution >= 0.6 is 11.6 Å². The highest BCUT2D eigenvalue weighted by molar-refractivity contribution is 6.16. The second-order valence-electron chi connectivity index (χ2n) is 4.37. The summed E-state index contributed by atoms with van der Waals surface area (Å²) >= 11 is 5.88. The number of halogens is 1. The summed E-state index contributed by atoms with van der Waals surface area (Å²) in [5, 5.41) is 9.82. The summed E-state index contributed by atoms with van der Waals surface area (Å²) < 4.78 is 6.39. The molecule has 108 valence electrons. The topological polar surface area (TPSA) is 77.2 Å². The summed E-state index contributed by atoms with van der Waals surface area (Å²) in [7, 11) is 1.30. The molecular formula is C13H16ClN3O3. The van der Waals surface area contributed by atoms with Gasteiger partial charge in [-0.3, -0.25) is 0 Å². The lowest BCUT2D eigenvalue weighted by Gasteiger charge is -2.11. The van der Waals surface area contributed by atoms with Crippen LogP contribution < -0.4 is 0 Å². The second-order valence-corrected chi connectivity index (χ2v) is 4.63. The van der Waals surface area contributed by atoms with Gasteiger partial charge in [0.25, 0.3) is 0 Å². The minimum Gasteiger partial charge on any atom is -0.464 e. The van der Waals surface area contributed by atoms with E-state index < -0.39 is 12.1 Å². The van der Waals surface area contributed by atoms with Crippen LogP contribution in [0.4, 0.5) is 0 Å². The van der Waals surface area contributed by atoms with Gasteiger partial charge in [-0.2, -0.15) is 0 Å². The number of alkyl halides is 1. The maximum atomic E-state index is 11.5. The van der Waals surface area contributed by atoms with Crippen LogP contribution in [0.25, 0.3) is 11.2 Å². The quantitative estimate of drug-likeness (QED) is 0.672. The number of aliphatic hydroxyl groups is 1. The summed E-state index contributed by atoms with van der Waals surface area (Å²) in [5.41, 5.74) is 1.36. The minimum atomic E-state index is -0.516. The van der Waals surface area contributed by atoms with Crippen molar-refractivity contribution >= 4 is 28.7 Å².